The third kappa shape index (κ3) is 4.61. The molecule has 3 aliphatic carbocycles. The molecule has 4 nitrogen and oxygen atoms in total. The summed E-state index contributed by atoms with van der Waals surface area (Å²) in [7, 11) is 0. The molecule has 2 aromatic carbocycles. The molecule has 1 fully saturated rings. The minimum Gasteiger partial charge on any atom is -0.506 e. The Kier molecular flexibility index (Phi) is 6.97. The van der Waals surface area contributed by atoms with Crippen molar-refractivity contribution in [3.05, 3.63) is 120 Å². The maximum atomic E-state index is 13.9. The van der Waals surface area contributed by atoms with Crippen LogP contribution < -0.4 is 0 Å². The highest BCUT2D eigenvalue weighted by Gasteiger charge is 2.45. The van der Waals surface area contributed by atoms with E-state index in [4.69, 9.17) is 34.8 Å². The Hall–Kier alpha value is -3.05. The van der Waals surface area contributed by atoms with Gasteiger partial charge in [-0.3, -0.25) is 4.79 Å². The number of ketones is 1. The number of aromatic nitrogens is 1. The maximum absolute atomic E-state index is 13.9. The maximum Gasteiger partial charge on any atom is 0.221 e. The summed E-state index contributed by atoms with van der Waals surface area (Å²) in [6, 6.07) is 15.6. The Balaban J connectivity index is 1.23. The van der Waals surface area contributed by atoms with E-state index in [1.807, 2.05) is 36.4 Å². The number of aliphatic hydroxyl groups is 1. The number of carbonyl (C=O) groups excluding carboxylic acids is 1. The van der Waals surface area contributed by atoms with E-state index in [1.165, 1.54) is 22.5 Å². The predicted octanol–water partition coefficient (Wildman–Crippen LogP) is 8.11. The van der Waals surface area contributed by atoms with E-state index in [0.29, 0.717) is 40.7 Å². The zero-order valence-corrected chi connectivity index (χ0v) is 24.9. The number of Topliss-reactive ketones (excluding diaryl/α,β-unsaturated/α-hetero) is 1. The second-order valence-corrected chi connectivity index (χ2v) is 12.5. The molecule has 1 saturated carbocycles. The fraction of sp³-hybridized carbons (Fsp3) is 0.294. The number of allylic oxidation sites excluding steroid dienone is 4. The van der Waals surface area contributed by atoms with Crippen molar-refractivity contribution in [2.45, 2.75) is 57.9 Å². The number of aryl methyl sites for hydroxylation is 2. The third-order valence-electron chi connectivity index (χ3n) is 8.94. The normalized spacial score (nSPS) is 19.7. The summed E-state index contributed by atoms with van der Waals surface area (Å²) >= 11 is 19.0. The molecule has 0 radical (unpaired) electrons. The van der Waals surface area contributed by atoms with E-state index in [2.05, 4.69) is 21.3 Å². The van der Waals surface area contributed by atoms with Gasteiger partial charge in [-0.05, 0) is 79.5 Å². The first-order chi connectivity index (χ1) is 19.9. The lowest BCUT2D eigenvalue weighted by molar-refractivity contribution is -0.469. The highest BCUT2D eigenvalue weighted by Crippen LogP contribution is 2.43. The Morgan fingerprint density at radius 2 is 1.66 bits per heavy atom. The average molecular weight is 605 g/mol. The molecule has 1 aliphatic heterocycles. The van der Waals surface area contributed by atoms with Gasteiger partial charge in [0.15, 0.2) is 12.3 Å². The lowest BCUT2D eigenvalue weighted by atomic mass is 9.84. The van der Waals surface area contributed by atoms with Gasteiger partial charge in [-0.2, -0.15) is 4.58 Å². The number of fused-ring (bicyclic) bond motifs is 2. The molecule has 208 valence electrons. The van der Waals surface area contributed by atoms with Crippen LogP contribution in [0.15, 0.2) is 77.2 Å². The van der Waals surface area contributed by atoms with Crippen LogP contribution in [-0.4, -0.2) is 32.3 Å². The van der Waals surface area contributed by atoms with Gasteiger partial charge in [-0.1, -0.05) is 59.1 Å². The zero-order valence-electron chi connectivity index (χ0n) is 22.7. The number of aliphatic hydroxyl groups excluding tert-OH is 1. The van der Waals surface area contributed by atoms with Gasteiger partial charge in [-0.15, -0.1) is 0 Å². The molecule has 4 aliphatic rings. The molecule has 7 heteroatoms. The molecule has 1 aromatic heterocycles. The standard InChI is InChI=1S/C34H29Cl3N2O2/c35-24-12-11-21(26(37)19-24)14-16-39-28-10-4-7-23(28)18-30(39)32-33(40)31(34(32)41)29-17-22-6-3-9-27(22)38(29)15-13-20-5-1-2-8-25(20)36/h1-2,5,8,11-12,17-19H,3-4,6-7,9-10,13-16H2/p+1. The minimum atomic E-state index is -0.0837. The number of carbonyl (C=O) groups is 1. The predicted molar refractivity (Wildman–Crippen MR) is 165 cm³/mol. The van der Waals surface area contributed by atoms with Gasteiger partial charge in [0, 0.05) is 51.8 Å². The molecule has 0 saturated heterocycles. The molecule has 41 heavy (non-hydrogen) atoms. The zero-order chi connectivity index (χ0) is 28.2. The molecule has 0 spiro atoms. The number of halogens is 3. The van der Waals surface area contributed by atoms with Gasteiger partial charge in [-0.25, -0.2) is 0 Å². The lowest BCUT2D eigenvalue weighted by Crippen LogP contribution is -2.28. The van der Waals surface area contributed by atoms with E-state index >= 15 is 0 Å². The highest BCUT2D eigenvalue weighted by atomic mass is 35.5. The van der Waals surface area contributed by atoms with Crippen molar-refractivity contribution in [1.82, 2.24) is 4.57 Å². The topological polar surface area (TPSA) is 45.2 Å². The molecule has 1 N–H and O–H groups in total. The summed E-state index contributed by atoms with van der Waals surface area (Å²) in [4.78, 5) is 13.9. The molecule has 2 heterocycles. The van der Waals surface area contributed by atoms with Gasteiger partial charge in [0.05, 0.1) is 11.3 Å². The first kappa shape index (κ1) is 26.8. The molecule has 7 rings (SSSR count). The number of rotatable bonds is 7. The second-order valence-electron chi connectivity index (χ2n) is 11.3. The molecule has 0 atom stereocenters. The molecule has 0 bridgehead atoms. The van der Waals surface area contributed by atoms with Crippen LogP contribution in [0.1, 0.15) is 53.8 Å². The van der Waals surface area contributed by atoms with Crippen molar-refractivity contribution < 1.29 is 14.5 Å². The number of hydrogen-bond acceptors (Lipinski definition) is 2. The summed E-state index contributed by atoms with van der Waals surface area (Å²) in [5.41, 5.74) is 9.67. The van der Waals surface area contributed by atoms with Gasteiger partial charge in [0.25, 0.3) is 0 Å². The van der Waals surface area contributed by atoms with Crippen LogP contribution in [-0.2, 0) is 37.0 Å². The Morgan fingerprint density at radius 3 is 2.46 bits per heavy atom. The van der Waals surface area contributed by atoms with Crippen LogP contribution in [0, 0.1) is 0 Å². The smallest absolute Gasteiger partial charge is 0.221 e. The van der Waals surface area contributed by atoms with E-state index in [-0.39, 0.29) is 11.5 Å². The summed E-state index contributed by atoms with van der Waals surface area (Å²) < 4.78 is 4.47. The van der Waals surface area contributed by atoms with Crippen LogP contribution in [0.5, 0.6) is 0 Å². The van der Waals surface area contributed by atoms with Gasteiger partial charge in [0.2, 0.25) is 11.5 Å². The summed E-state index contributed by atoms with van der Waals surface area (Å²) in [6.07, 6.45) is 9.76. The monoisotopic (exact) mass is 603 g/mol. The van der Waals surface area contributed by atoms with E-state index in [1.54, 1.807) is 6.07 Å². The minimum absolute atomic E-state index is 0.0837. The largest absolute Gasteiger partial charge is 0.506 e. The molecule has 0 amide bonds. The lowest BCUT2D eigenvalue weighted by Gasteiger charge is -2.23. The van der Waals surface area contributed by atoms with E-state index < -0.39 is 0 Å². The second kappa shape index (κ2) is 10.7. The van der Waals surface area contributed by atoms with E-state index in [0.717, 1.165) is 72.5 Å². The van der Waals surface area contributed by atoms with Gasteiger partial charge in [0.1, 0.15) is 11.3 Å². The molecule has 3 aromatic rings. The quantitative estimate of drug-likeness (QED) is 0.219. The number of benzene rings is 2. The first-order valence-electron chi connectivity index (χ1n) is 14.4. The van der Waals surface area contributed by atoms with Crippen LogP contribution >= 0.6 is 34.8 Å². The van der Waals surface area contributed by atoms with Crippen molar-refractivity contribution in [2.75, 3.05) is 6.54 Å². The van der Waals surface area contributed by atoms with Crippen LogP contribution in [0.3, 0.4) is 0 Å². The Labute approximate surface area is 254 Å². The average Bonchev–Trinajstić information content (AvgIpc) is 3.72. The molecular formula is C34H30Cl3N2O2+. The number of hydrogen-bond donors (Lipinski definition) is 1. The fourth-order valence-electron chi connectivity index (χ4n) is 6.90. The van der Waals surface area contributed by atoms with Crippen molar-refractivity contribution in [2.24, 2.45) is 0 Å². The summed E-state index contributed by atoms with van der Waals surface area (Å²) in [5.74, 6) is 0.0201. The van der Waals surface area contributed by atoms with Crippen molar-refractivity contribution in [3.63, 3.8) is 0 Å². The van der Waals surface area contributed by atoms with E-state index in [9.17, 15) is 9.90 Å². The summed E-state index contributed by atoms with van der Waals surface area (Å²) in [5, 5.41) is 13.5. The molecule has 0 unspecified atom stereocenters. The third-order valence-corrected chi connectivity index (χ3v) is 9.89. The SMILES string of the molecule is O=C1C(c2cc3c(n2CCc2ccccc2Cl)CCC3)=C(O)/C1=C1\C=C2CCCC2=[N+]1CCc1ccc(Cl)cc1Cl. The Bertz CT molecular complexity index is 1750. The fourth-order valence-corrected chi connectivity index (χ4v) is 7.63. The summed E-state index contributed by atoms with van der Waals surface area (Å²) in [6.45, 7) is 1.38. The van der Waals surface area contributed by atoms with Gasteiger partial charge < -0.3 is 9.67 Å². The Morgan fingerprint density at radius 1 is 0.854 bits per heavy atom. The van der Waals surface area contributed by atoms with Crippen LogP contribution in [0.2, 0.25) is 15.1 Å². The highest BCUT2D eigenvalue weighted by molar-refractivity contribution is 6.39. The van der Waals surface area contributed by atoms with Gasteiger partial charge >= 0.3 is 0 Å². The first-order valence-corrected chi connectivity index (χ1v) is 15.5. The van der Waals surface area contributed by atoms with Crippen molar-refractivity contribution in [3.8, 4) is 0 Å². The van der Waals surface area contributed by atoms with Crippen LogP contribution in [0.4, 0.5) is 0 Å². The van der Waals surface area contributed by atoms with Crippen molar-refractivity contribution >= 4 is 51.9 Å². The van der Waals surface area contributed by atoms with Crippen LogP contribution in [0.25, 0.3) is 5.57 Å². The molecular weight excluding hydrogens is 575 g/mol. The van der Waals surface area contributed by atoms with Crippen molar-refractivity contribution in [1.29, 1.82) is 0 Å². The number of nitrogens with zero attached hydrogens (tertiary/aromatic N) is 2.